The third-order valence-electron chi connectivity index (χ3n) is 2.51. The molecule has 2 heterocycles. The third kappa shape index (κ3) is 3.39. The first-order valence-electron chi connectivity index (χ1n) is 6.24. The predicted octanol–water partition coefficient (Wildman–Crippen LogP) is 1.52. The Hall–Kier alpha value is -2.28. The lowest BCUT2D eigenvalue weighted by molar-refractivity contribution is 0.181. The number of aromatic nitrogens is 4. The molecule has 2 rings (SSSR count). The maximum Gasteiger partial charge on any atom is 0.216 e. The zero-order valence-electron chi connectivity index (χ0n) is 11.8. The number of methoxy groups -OCH3 is 2. The van der Waals surface area contributed by atoms with E-state index in [9.17, 15) is 0 Å². The number of anilines is 1. The lowest BCUT2D eigenvalue weighted by Crippen LogP contribution is -2.05. The summed E-state index contributed by atoms with van der Waals surface area (Å²) in [6, 6.07) is 3.55. The van der Waals surface area contributed by atoms with Crippen LogP contribution in [0.4, 0.5) is 5.82 Å². The Morgan fingerprint density at radius 1 is 1.15 bits per heavy atom. The van der Waals surface area contributed by atoms with Crippen molar-refractivity contribution in [3.05, 3.63) is 24.2 Å². The van der Waals surface area contributed by atoms with E-state index >= 15 is 0 Å². The maximum atomic E-state index is 5.12. The summed E-state index contributed by atoms with van der Waals surface area (Å²) in [5.74, 6) is 1.72. The Balaban J connectivity index is 2.42. The Labute approximate surface area is 117 Å². The number of hydrogen-bond acceptors (Lipinski definition) is 7. The molecule has 0 aromatic carbocycles. The van der Waals surface area contributed by atoms with Crippen molar-refractivity contribution in [2.45, 2.75) is 13.5 Å². The van der Waals surface area contributed by atoms with Gasteiger partial charge in [-0.2, -0.15) is 0 Å². The Kier molecular flexibility index (Phi) is 4.78. The van der Waals surface area contributed by atoms with Gasteiger partial charge in [0.05, 0.1) is 19.4 Å². The molecule has 0 aliphatic carbocycles. The summed E-state index contributed by atoms with van der Waals surface area (Å²) in [6.45, 7) is 3.19. The summed E-state index contributed by atoms with van der Waals surface area (Å²) in [6.07, 6.45) is 1.42. The van der Waals surface area contributed by atoms with Crippen LogP contribution in [0.25, 0.3) is 11.5 Å². The van der Waals surface area contributed by atoms with Gasteiger partial charge in [0.2, 0.25) is 5.88 Å². The minimum absolute atomic E-state index is 0.413. The predicted molar refractivity (Wildman–Crippen MR) is 74.5 cm³/mol. The van der Waals surface area contributed by atoms with Crippen LogP contribution < -0.4 is 10.1 Å². The molecule has 7 heteroatoms. The van der Waals surface area contributed by atoms with Gasteiger partial charge in [-0.1, -0.05) is 0 Å². The van der Waals surface area contributed by atoms with Crippen molar-refractivity contribution >= 4 is 5.82 Å². The molecule has 0 bridgehead atoms. The molecule has 0 unspecified atom stereocenters. The second kappa shape index (κ2) is 6.76. The molecule has 0 aliphatic rings. The minimum atomic E-state index is 0.413. The fourth-order valence-corrected chi connectivity index (χ4v) is 1.68. The summed E-state index contributed by atoms with van der Waals surface area (Å²) in [7, 11) is 3.18. The summed E-state index contributed by atoms with van der Waals surface area (Å²) < 4.78 is 10.2. The SMILES string of the molecule is CCNc1cc(COC)nc(-c2cc(OC)ncn2)n1. The van der Waals surface area contributed by atoms with Gasteiger partial charge in [-0.05, 0) is 6.92 Å². The van der Waals surface area contributed by atoms with Gasteiger partial charge in [-0.3, -0.25) is 0 Å². The van der Waals surface area contributed by atoms with E-state index in [2.05, 4.69) is 25.3 Å². The van der Waals surface area contributed by atoms with Crippen LogP contribution in [0.15, 0.2) is 18.5 Å². The molecule has 0 fully saturated rings. The quantitative estimate of drug-likeness (QED) is 0.855. The molecule has 0 saturated carbocycles. The summed E-state index contributed by atoms with van der Waals surface area (Å²) in [4.78, 5) is 17.0. The highest BCUT2D eigenvalue weighted by molar-refractivity contribution is 5.54. The van der Waals surface area contributed by atoms with Gasteiger partial charge in [0, 0.05) is 25.8 Å². The molecule has 1 N–H and O–H groups in total. The van der Waals surface area contributed by atoms with E-state index in [0.29, 0.717) is 24.0 Å². The smallest absolute Gasteiger partial charge is 0.216 e. The van der Waals surface area contributed by atoms with Crippen molar-refractivity contribution in [3.63, 3.8) is 0 Å². The zero-order chi connectivity index (χ0) is 14.4. The Morgan fingerprint density at radius 3 is 2.70 bits per heavy atom. The fraction of sp³-hybridized carbons (Fsp3) is 0.385. The van der Waals surface area contributed by atoms with Crippen LogP contribution in [0, 0.1) is 0 Å². The summed E-state index contributed by atoms with van der Waals surface area (Å²) in [5, 5.41) is 3.16. The topological polar surface area (TPSA) is 82.0 Å². The Bertz CT molecular complexity index is 552. The lowest BCUT2D eigenvalue weighted by atomic mass is 10.3. The van der Waals surface area contributed by atoms with Gasteiger partial charge in [0.1, 0.15) is 17.8 Å². The average molecular weight is 275 g/mol. The van der Waals surface area contributed by atoms with Crippen molar-refractivity contribution in [2.75, 3.05) is 26.1 Å². The Morgan fingerprint density at radius 2 is 2.00 bits per heavy atom. The van der Waals surface area contributed by atoms with E-state index in [0.717, 1.165) is 18.1 Å². The van der Waals surface area contributed by atoms with E-state index in [1.165, 1.54) is 6.33 Å². The molecule has 20 heavy (non-hydrogen) atoms. The van der Waals surface area contributed by atoms with Gasteiger partial charge in [0.25, 0.3) is 0 Å². The minimum Gasteiger partial charge on any atom is -0.481 e. The normalized spacial score (nSPS) is 10.3. The molecule has 0 aliphatic heterocycles. The summed E-state index contributed by atoms with van der Waals surface area (Å²) in [5.41, 5.74) is 1.39. The van der Waals surface area contributed by atoms with Gasteiger partial charge in [-0.15, -0.1) is 0 Å². The van der Waals surface area contributed by atoms with Crippen LogP contribution in [0.1, 0.15) is 12.6 Å². The lowest BCUT2D eigenvalue weighted by Gasteiger charge is -2.08. The van der Waals surface area contributed by atoms with Crippen molar-refractivity contribution in [2.24, 2.45) is 0 Å². The van der Waals surface area contributed by atoms with E-state index in [4.69, 9.17) is 9.47 Å². The standard InChI is InChI=1S/C13H17N5O2/c1-4-14-11-5-9(7-19-2)17-13(18-11)10-6-12(20-3)16-8-15-10/h5-6,8H,4,7H2,1-3H3,(H,14,17,18). The molecule has 7 nitrogen and oxygen atoms in total. The van der Waals surface area contributed by atoms with Crippen molar-refractivity contribution in [1.29, 1.82) is 0 Å². The first kappa shape index (κ1) is 14.1. The molecular formula is C13H17N5O2. The van der Waals surface area contributed by atoms with Gasteiger partial charge >= 0.3 is 0 Å². The highest BCUT2D eigenvalue weighted by Crippen LogP contribution is 2.19. The number of nitrogens with zero attached hydrogens (tertiary/aromatic N) is 4. The molecule has 2 aromatic rings. The van der Waals surface area contributed by atoms with Crippen LogP contribution in [0.5, 0.6) is 5.88 Å². The third-order valence-corrected chi connectivity index (χ3v) is 2.51. The van der Waals surface area contributed by atoms with Crippen LogP contribution in [0.2, 0.25) is 0 Å². The molecule has 0 radical (unpaired) electrons. The van der Waals surface area contributed by atoms with Crippen LogP contribution in [-0.2, 0) is 11.3 Å². The average Bonchev–Trinajstić information content (AvgIpc) is 2.48. The molecular weight excluding hydrogens is 258 g/mol. The second-order valence-corrected chi connectivity index (χ2v) is 3.98. The number of hydrogen-bond donors (Lipinski definition) is 1. The number of nitrogens with one attached hydrogen (secondary N) is 1. The van der Waals surface area contributed by atoms with Crippen molar-refractivity contribution in [1.82, 2.24) is 19.9 Å². The highest BCUT2D eigenvalue weighted by Gasteiger charge is 2.09. The van der Waals surface area contributed by atoms with Crippen molar-refractivity contribution < 1.29 is 9.47 Å². The van der Waals surface area contributed by atoms with Crippen LogP contribution >= 0.6 is 0 Å². The molecule has 106 valence electrons. The van der Waals surface area contributed by atoms with E-state index in [-0.39, 0.29) is 0 Å². The zero-order valence-corrected chi connectivity index (χ0v) is 11.8. The van der Waals surface area contributed by atoms with Gasteiger partial charge < -0.3 is 14.8 Å². The first-order valence-corrected chi connectivity index (χ1v) is 6.24. The second-order valence-electron chi connectivity index (χ2n) is 3.98. The summed E-state index contributed by atoms with van der Waals surface area (Å²) >= 11 is 0. The van der Waals surface area contributed by atoms with Gasteiger partial charge in [0.15, 0.2) is 5.82 Å². The molecule has 0 atom stereocenters. The van der Waals surface area contributed by atoms with Gasteiger partial charge in [-0.25, -0.2) is 19.9 Å². The number of rotatable bonds is 6. The van der Waals surface area contributed by atoms with Crippen LogP contribution in [-0.4, -0.2) is 40.7 Å². The van der Waals surface area contributed by atoms with Crippen molar-refractivity contribution in [3.8, 4) is 17.4 Å². The fourth-order valence-electron chi connectivity index (χ4n) is 1.68. The molecule has 0 spiro atoms. The molecule has 0 saturated heterocycles. The van der Waals surface area contributed by atoms with Crippen LogP contribution in [0.3, 0.4) is 0 Å². The largest absolute Gasteiger partial charge is 0.481 e. The van der Waals surface area contributed by atoms with E-state index in [1.54, 1.807) is 20.3 Å². The highest BCUT2D eigenvalue weighted by atomic mass is 16.5. The monoisotopic (exact) mass is 275 g/mol. The number of ether oxygens (including phenoxy) is 2. The molecule has 0 amide bonds. The first-order chi connectivity index (χ1) is 9.76. The maximum absolute atomic E-state index is 5.12. The van der Waals surface area contributed by atoms with E-state index in [1.807, 2.05) is 13.0 Å². The van der Waals surface area contributed by atoms with E-state index < -0.39 is 0 Å². The molecule has 2 aromatic heterocycles.